The lowest BCUT2D eigenvalue weighted by atomic mass is 10.2. The molecule has 0 radical (unpaired) electrons. The van der Waals surface area contributed by atoms with Gasteiger partial charge in [-0.05, 0) is 25.7 Å². The molecule has 1 N–H and O–H groups in total. The fraction of sp³-hybridized carbons (Fsp3) is 0.786. The Morgan fingerprint density at radius 1 is 1.52 bits per heavy atom. The first-order chi connectivity index (χ1) is 9.65. The first-order valence-corrected chi connectivity index (χ1v) is 7.50. The van der Waals surface area contributed by atoms with Gasteiger partial charge >= 0.3 is 0 Å². The molecule has 0 aromatic carbocycles. The van der Waals surface area contributed by atoms with Crippen molar-refractivity contribution < 1.29 is 0 Å². The number of aliphatic imine (C=N–C) groups is 1. The van der Waals surface area contributed by atoms with Crippen molar-refractivity contribution in [3.63, 3.8) is 0 Å². The lowest BCUT2D eigenvalue weighted by Gasteiger charge is -2.22. The van der Waals surface area contributed by atoms with Crippen molar-refractivity contribution in [3.8, 4) is 0 Å². The number of aromatic nitrogens is 3. The minimum atomic E-state index is 0. The highest BCUT2D eigenvalue weighted by atomic mass is 127. The largest absolute Gasteiger partial charge is 0.353 e. The number of halogens is 1. The topological polar surface area (TPSA) is 58.3 Å². The average molecular weight is 406 g/mol. The Labute approximate surface area is 144 Å². The Kier molecular flexibility index (Phi) is 7.41. The summed E-state index contributed by atoms with van der Waals surface area (Å²) < 4.78 is 1.80. The van der Waals surface area contributed by atoms with E-state index in [1.54, 1.807) is 11.0 Å². The van der Waals surface area contributed by atoms with Crippen LogP contribution in [-0.2, 0) is 13.6 Å². The Balaban J connectivity index is 0.00000220. The van der Waals surface area contributed by atoms with Crippen LogP contribution in [-0.4, -0.2) is 45.3 Å². The number of guanidine groups is 1. The van der Waals surface area contributed by atoms with E-state index in [1.165, 1.54) is 19.3 Å². The molecular formula is C14H27IN6. The summed E-state index contributed by atoms with van der Waals surface area (Å²) in [5, 5.41) is 7.68. The second-order valence-corrected chi connectivity index (χ2v) is 5.49. The van der Waals surface area contributed by atoms with Gasteiger partial charge in [0.05, 0.1) is 6.54 Å². The fourth-order valence-electron chi connectivity index (χ4n) is 2.46. The molecule has 7 heteroatoms. The van der Waals surface area contributed by atoms with Gasteiger partial charge in [-0.2, -0.15) is 5.10 Å². The Hall–Kier alpha value is -0.860. The normalized spacial score (nSPS) is 20.9. The van der Waals surface area contributed by atoms with Gasteiger partial charge in [0, 0.05) is 26.7 Å². The molecule has 6 nitrogen and oxygen atoms in total. The van der Waals surface area contributed by atoms with Gasteiger partial charge in [0.15, 0.2) is 5.96 Å². The lowest BCUT2D eigenvalue weighted by Crippen LogP contribution is -2.40. The summed E-state index contributed by atoms with van der Waals surface area (Å²) in [5.41, 5.74) is 0. The van der Waals surface area contributed by atoms with E-state index >= 15 is 0 Å². The number of hydrogen-bond acceptors (Lipinski definition) is 3. The third kappa shape index (κ3) is 5.12. The van der Waals surface area contributed by atoms with Gasteiger partial charge in [-0.1, -0.05) is 13.3 Å². The molecule has 1 aliphatic carbocycles. The smallest absolute Gasteiger partial charge is 0.194 e. The molecule has 0 bridgehead atoms. The third-order valence-electron chi connectivity index (χ3n) is 3.75. The maximum Gasteiger partial charge on any atom is 0.194 e. The number of aryl methyl sites for hydroxylation is 1. The molecule has 0 aliphatic heterocycles. The zero-order chi connectivity index (χ0) is 14.5. The summed E-state index contributed by atoms with van der Waals surface area (Å²) in [6.45, 7) is 5.81. The van der Waals surface area contributed by atoms with Gasteiger partial charge in [-0.25, -0.2) is 4.98 Å². The van der Waals surface area contributed by atoms with Crippen LogP contribution in [0, 0.1) is 5.92 Å². The highest BCUT2D eigenvalue weighted by molar-refractivity contribution is 14.0. The Morgan fingerprint density at radius 3 is 2.86 bits per heavy atom. The van der Waals surface area contributed by atoms with Crippen molar-refractivity contribution in [2.24, 2.45) is 18.0 Å². The van der Waals surface area contributed by atoms with Crippen LogP contribution in [0.25, 0.3) is 0 Å². The van der Waals surface area contributed by atoms with Crippen molar-refractivity contribution >= 4 is 29.9 Å². The van der Waals surface area contributed by atoms with Crippen molar-refractivity contribution in [3.05, 3.63) is 12.2 Å². The number of rotatable bonds is 6. The highest BCUT2D eigenvalue weighted by Crippen LogP contribution is 2.34. The molecule has 0 amide bonds. The van der Waals surface area contributed by atoms with E-state index in [2.05, 4.69) is 39.1 Å². The Bertz CT molecular complexity index is 458. The number of hydrogen-bond donors (Lipinski definition) is 1. The molecular weight excluding hydrogens is 379 g/mol. The minimum absolute atomic E-state index is 0. The minimum Gasteiger partial charge on any atom is -0.353 e. The molecule has 1 aliphatic rings. The number of nitrogens with one attached hydrogen (secondary N) is 1. The Morgan fingerprint density at radius 2 is 2.29 bits per heavy atom. The predicted molar refractivity (Wildman–Crippen MR) is 95.8 cm³/mol. The van der Waals surface area contributed by atoms with E-state index in [-0.39, 0.29) is 24.0 Å². The van der Waals surface area contributed by atoms with Gasteiger partial charge in [0.25, 0.3) is 0 Å². The molecule has 1 heterocycles. The van der Waals surface area contributed by atoms with Crippen molar-refractivity contribution in [2.45, 2.75) is 45.7 Å². The fourth-order valence-corrected chi connectivity index (χ4v) is 2.46. The molecule has 1 aromatic heterocycles. The van der Waals surface area contributed by atoms with Gasteiger partial charge in [0.2, 0.25) is 0 Å². The molecule has 1 fully saturated rings. The van der Waals surface area contributed by atoms with E-state index in [0.717, 1.165) is 24.2 Å². The van der Waals surface area contributed by atoms with Crippen LogP contribution in [0.2, 0.25) is 0 Å². The van der Waals surface area contributed by atoms with Crippen LogP contribution in [0.5, 0.6) is 0 Å². The first-order valence-electron chi connectivity index (χ1n) is 7.50. The molecule has 2 atom stereocenters. The molecule has 1 saturated carbocycles. The van der Waals surface area contributed by atoms with Gasteiger partial charge in [-0.15, -0.1) is 24.0 Å². The standard InChI is InChI=1S/C14H26N6.HI/c1-5-7-11-8-12(11)18-14(15-6-2)19(3)9-13-16-10-17-20(13)4;/h10-12H,5-9H2,1-4H3,(H,15,18);1H. The summed E-state index contributed by atoms with van der Waals surface area (Å²) in [7, 11) is 3.96. The van der Waals surface area contributed by atoms with Crippen molar-refractivity contribution in [1.82, 2.24) is 25.0 Å². The SMILES string of the molecule is CCCC1CC1NC(=NCC)N(C)Cc1ncnn1C.I. The van der Waals surface area contributed by atoms with E-state index in [9.17, 15) is 0 Å². The van der Waals surface area contributed by atoms with Crippen LogP contribution < -0.4 is 5.32 Å². The molecule has 2 rings (SSSR count). The van der Waals surface area contributed by atoms with Gasteiger partial charge in [0.1, 0.15) is 12.2 Å². The van der Waals surface area contributed by atoms with E-state index in [0.29, 0.717) is 12.6 Å². The quantitative estimate of drug-likeness (QED) is 0.446. The summed E-state index contributed by atoms with van der Waals surface area (Å²) in [6.07, 6.45) is 5.43. The lowest BCUT2D eigenvalue weighted by molar-refractivity contribution is 0.444. The summed E-state index contributed by atoms with van der Waals surface area (Å²) >= 11 is 0. The van der Waals surface area contributed by atoms with Gasteiger partial charge < -0.3 is 10.2 Å². The third-order valence-corrected chi connectivity index (χ3v) is 3.75. The highest BCUT2D eigenvalue weighted by Gasteiger charge is 2.37. The van der Waals surface area contributed by atoms with Crippen molar-refractivity contribution in [2.75, 3.05) is 13.6 Å². The van der Waals surface area contributed by atoms with Gasteiger partial charge in [-0.3, -0.25) is 9.67 Å². The summed E-state index contributed by atoms with van der Waals surface area (Å²) in [5.74, 6) is 2.74. The number of nitrogens with zero attached hydrogens (tertiary/aromatic N) is 5. The molecule has 0 saturated heterocycles. The zero-order valence-corrected chi connectivity index (χ0v) is 15.7. The second-order valence-electron chi connectivity index (χ2n) is 5.49. The molecule has 0 spiro atoms. The maximum absolute atomic E-state index is 4.58. The molecule has 1 aromatic rings. The predicted octanol–water partition coefficient (Wildman–Crippen LogP) is 2.02. The van der Waals surface area contributed by atoms with E-state index in [1.807, 2.05) is 14.1 Å². The summed E-state index contributed by atoms with van der Waals surface area (Å²) in [4.78, 5) is 11.0. The van der Waals surface area contributed by atoms with Crippen LogP contribution >= 0.6 is 24.0 Å². The zero-order valence-electron chi connectivity index (χ0n) is 13.4. The van der Waals surface area contributed by atoms with E-state index < -0.39 is 0 Å². The molecule has 120 valence electrons. The van der Waals surface area contributed by atoms with Crippen LogP contribution in [0.1, 0.15) is 38.9 Å². The molecule has 2 unspecified atom stereocenters. The monoisotopic (exact) mass is 406 g/mol. The van der Waals surface area contributed by atoms with Crippen molar-refractivity contribution in [1.29, 1.82) is 0 Å². The van der Waals surface area contributed by atoms with Crippen LogP contribution in [0.3, 0.4) is 0 Å². The van der Waals surface area contributed by atoms with E-state index in [4.69, 9.17) is 0 Å². The van der Waals surface area contributed by atoms with Crippen LogP contribution in [0.4, 0.5) is 0 Å². The maximum atomic E-state index is 4.58. The summed E-state index contributed by atoms with van der Waals surface area (Å²) in [6, 6.07) is 0.599. The second kappa shape index (κ2) is 8.55. The first kappa shape index (κ1) is 18.2. The average Bonchev–Trinajstić information content (AvgIpc) is 3.02. The molecule has 21 heavy (non-hydrogen) atoms. The van der Waals surface area contributed by atoms with Crippen LogP contribution in [0.15, 0.2) is 11.3 Å².